The van der Waals surface area contributed by atoms with E-state index < -0.39 is 0 Å². The molecule has 0 aliphatic heterocycles. The molecule has 1 amide bonds. The van der Waals surface area contributed by atoms with Gasteiger partial charge in [-0.1, -0.05) is 22.0 Å². The number of nitrogens with two attached hydrogens (primary N) is 1. The fourth-order valence-electron chi connectivity index (χ4n) is 2.96. The summed E-state index contributed by atoms with van der Waals surface area (Å²) in [5.74, 6) is -0.0464. The average Bonchev–Trinajstić information content (AvgIpc) is 3.14. The summed E-state index contributed by atoms with van der Waals surface area (Å²) in [6.07, 6.45) is 2.94. The van der Waals surface area contributed by atoms with E-state index in [9.17, 15) is 4.79 Å². The van der Waals surface area contributed by atoms with E-state index in [4.69, 9.17) is 5.73 Å². The summed E-state index contributed by atoms with van der Waals surface area (Å²) in [5, 5.41) is 4.64. The highest BCUT2D eigenvalue weighted by Gasteiger charge is 2.29. The van der Waals surface area contributed by atoms with Gasteiger partial charge in [-0.25, -0.2) is 4.68 Å². The standard InChI is InChI=1S/C17H21BrN4O.ClH/c1-11(10-19)21(2)17(23)16-14-7-4-8-15(14)22(20-16)13-6-3-5-12(18)9-13;/h3,5-6,9,11H,4,7-8,10,19H2,1-2H3;1H. The number of carbonyl (C=O) groups excluding carboxylic acids is 1. The monoisotopic (exact) mass is 412 g/mol. The van der Waals surface area contributed by atoms with E-state index in [0.29, 0.717) is 12.2 Å². The molecule has 5 nitrogen and oxygen atoms in total. The van der Waals surface area contributed by atoms with Crippen molar-refractivity contribution in [3.05, 3.63) is 45.7 Å². The molecule has 0 radical (unpaired) electrons. The van der Waals surface area contributed by atoms with E-state index in [1.165, 1.54) is 0 Å². The first kappa shape index (κ1) is 19.0. The largest absolute Gasteiger partial charge is 0.336 e. The summed E-state index contributed by atoms with van der Waals surface area (Å²) in [5.41, 5.74) is 9.48. The Hall–Kier alpha value is -1.37. The van der Waals surface area contributed by atoms with Crippen molar-refractivity contribution >= 4 is 34.2 Å². The molecule has 24 heavy (non-hydrogen) atoms. The molecular weight excluding hydrogens is 392 g/mol. The minimum absolute atomic E-state index is 0. The Kier molecular flexibility index (Phi) is 6.06. The smallest absolute Gasteiger partial charge is 0.274 e. The van der Waals surface area contributed by atoms with Crippen LogP contribution in [0, 0.1) is 0 Å². The van der Waals surface area contributed by atoms with Gasteiger partial charge in [0, 0.05) is 35.4 Å². The molecule has 7 heteroatoms. The van der Waals surface area contributed by atoms with Crippen molar-refractivity contribution in [1.82, 2.24) is 14.7 Å². The summed E-state index contributed by atoms with van der Waals surface area (Å²) in [4.78, 5) is 14.5. The summed E-state index contributed by atoms with van der Waals surface area (Å²) < 4.78 is 2.92. The van der Waals surface area contributed by atoms with Gasteiger partial charge in [0.25, 0.3) is 5.91 Å². The third kappa shape index (κ3) is 3.36. The van der Waals surface area contributed by atoms with Crippen LogP contribution in [0.2, 0.25) is 0 Å². The van der Waals surface area contributed by atoms with Crippen molar-refractivity contribution < 1.29 is 4.79 Å². The third-order valence-corrected chi connectivity index (χ3v) is 5.00. The number of hydrogen-bond acceptors (Lipinski definition) is 3. The van der Waals surface area contributed by atoms with E-state index in [-0.39, 0.29) is 24.4 Å². The third-order valence-electron chi connectivity index (χ3n) is 4.51. The maximum Gasteiger partial charge on any atom is 0.274 e. The SMILES string of the molecule is CC(CN)N(C)C(=O)c1nn(-c2cccc(Br)c2)c2c1CCC2.Cl. The van der Waals surface area contributed by atoms with Gasteiger partial charge in [-0.3, -0.25) is 4.79 Å². The van der Waals surface area contributed by atoms with Crippen molar-refractivity contribution in [3.8, 4) is 5.69 Å². The van der Waals surface area contributed by atoms with Gasteiger partial charge >= 0.3 is 0 Å². The summed E-state index contributed by atoms with van der Waals surface area (Å²) in [6, 6.07) is 7.99. The lowest BCUT2D eigenvalue weighted by molar-refractivity contribution is 0.0741. The molecule has 0 spiro atoms. The van der Waals surface area contributed by atoms with E-state index in [1.807, 2.05) is 35.9 Å². The first-order valence-corrected chi connectivity index (χ1v) is 8.66. The molecule has 0 saturated carbocycles. The van der Waals surface area contributed by atoms with Crippen LogP contribution < -0.4 is 5.73 Å². The molecule has 1 atom stereocenters. The zero-order valence-corrected chi connectivity index (χ0v) is 16.2. The van der Waals surface area contributed by atoms with Gasteiger partial charge < -0.3 is 10.6 Å². The Balaban J connectivity index is 0.00000208. The van der Waals surface area contributed by atoms with E-state index in [0.717, 1.165) is 40.7 Å². The van der Waals surface area contributed by atoms with Crippen molar-refractivity contribution in [2.24, 2.45) is 5.73 Å². The van der Waals surface area contributed by atoms with Crippen molar-refractivity contribution in [1.29, 1.82) is 0 Å². The molecule has 2 aromatic rings. The summed E-state index contributed by atoms with van der Waals surface area (Å²) in [7, 11) is 1.79. The molecule has 1 unspecified atom stereocenters. The molecule has 0 fully saturated rings. The van der Waals surface area contributed by atoms with Gasteiger partial charge in [-0.2, -0.15) is 5.10 Å². The molecule has 3 rings (SSSR count). The average molecular weight is 414 g/mol. The Bertz CT molecular complexity index is 746. The van der Waals surface area contributed by atoms with E-state index in [2.05, 4.69) is 21.0 Å². The number of fused-ring (bicyclic) bond motifs is 1. The van der Waals surface area contributed by atoms with Crippen LogP contribution in [0.25, 0.3) is 5.69 Å². The van der Waals surface area contributed by atoms with Gasteiger partial charge in [0.05, 0.1) is 5.69 Å². The van der Waals surface area contributed by atoms with Crippen LogP contribution in [0.4, 0.5) is 0 Å². The quantitative estimate of drug-likeness (QED) is 0.838. The molecule has 1 aromatic heterocycles. The molecule has 0 saturated heterocycles. The molecule has 1 aliphatic carbocycles. The summed E-state index contributed by atoms with van der Waals surface area (Å²) in [6.45, 7) is 2.39. The lowest BCUT2D eigenvalue weighted by atomic mass is 10.1. The van der Waals surface area contributed by atoms with Gasteiger partial charge in [0.1, 0.15) is 0 Å². The molecule has 130 valence electrons. The van der Waals surface area contributed by atoms with Gasteiger partial charge in [-0.05, 0) is 44.4 Å². The number of amides is 1. The predicted octanol–water partition coefficient (Wildman–Crippen LogP) is 2.96. The molecule has 1 aliphatic rings. The van der Waals surface area contributed by atoms with Gasteiger partial charge in [0.2, 0.25) is 0 Å². The Morgan fingerprint density at radius 3 is 2.88 bits per heavy atom. The van der Waals surface area contributed by atoms with Crippen LogP contribution in [-0.4, -0.2) is 40.2 Å². The number of halogens is 2. The van der Waals surface area contributed by atoms with E-state index in [1.54, 1.807) is 11.9 Å². The molecular formula is C17H22BrClN4O. The molecule has 2 N–H and O–H groups in total. The molecule has 1 aromatic carbocycles. The molecule has 1 heterocycles. The molecule has 0 bridgehead atoms. The zero-order valence-electron chi connectivity index (χ0n) is 13.8. The van der Waals surface area contributed by atoms with Gasteiger partial charge in [-0.15, -0.1) is 12.4 Å². The second-order valence-electron chi connectivity index (χ2n) is 6.02. The summed E-state index contributed by atoms with van der Waals surface area (Å²) >= 11 is 3.50. The number of nitrogens with zero attached hydrogens (tertiary/aromatic N) is 3. The van der Waals surface area contributed by atoms with Crippen molar-refractivity contribution in [2.75, 3.05) is 13.6 Å². The fraction of sp³-hybridized carbons (Fsp3) is 0.412. The van der Waals surface area contributed by atoms with Gasteiger partial charge in [0.15, 0.2) is 5.69 Å². The number of benzene rings is 1. The van der Waals surface area contributed by atoms with Crippen LogP contribution in [0.15, 0.2) is 28.7 Å². The highest BCUT2D eigenvalue weighted by molar-refractivity contribution is 9.10. The Morgan fingerprint density at radius 1 is 1.46 bits per heavy atom. The number of carbonyl (C=O) groups is 1. The van der Waals surface area contributed by atoms with Crippen molar-refractivity contribution in [2.45, 2.75) is 32.2 Å². The van der Waals surface area contributed by atoms with Crippen LogP contribution in [-0.2, 0) is 12.8 Å². The fourth-order valence-corrected chi connectivity index (χ4v) is 3.34. The maximum atomic E-state index is 12.8. The lowest BCUT2D eigenvalue weighted by Gasteiger charge is -2.23. The minimum Gasteiger partial charge on any atom is -0.336 e. The second-order valence-corrected chi connectivity index (χ2v) is 6.94. The number of aromatic nitrogens is 2. The zero-order chi connectivity index (χ0) is 16.6. The topological polar surface area (TPSA) is 64.2 Å². The maximum absolute atomic E-state index is 12.8. The Labute approximate surface area is 156 Å². The second kappa shape index (κ2) is 7.68. The predicted molar refractivity (Wildman–Crippen MR) is 101 cm³/mol. The highest BCUT2D eigenvalue weighted by Crippen LogP contribution is 2.29. The number of hydrogen-bond donors (Lipinski definition) is 1. The minimum atomic E-state index is -0.0464. The number of likely N-dealkylation sites (N-methyl/N-ethyl adjacent to an activating group) is 1. The van der Waals surface area contributed by atoms with Crippen LogP contribution in [0.1, 0.15) is 35.1 Å². The highest BCUT2D eigenvalue weighted by atomic mass is 79.9. The van der Waals surface area contributed by atoms with Crippen LogP contribution in [0.5, 0.6) is 0 Å². The first-order chi connectivity index (χ1) is 11.0. The normalized spacial score (nSPS) is 14.0. The van der Waals surface area contributed by atoms with Crippen LogP contribution in [0.3, 0.4) is 0 Å². The lowest BCUT2D eigenvalue weighted by Crippen LogP contribution is -2.40. The Morgan fingerprint density at radius 2 is 2.21 bits per heavy atom. The van der Waals surface area contributed by atoms with Crippen molar-refractivity contribution in [3.63, 3.8) is 0 Å². The van der Waals surface area contributed by atoms with Crippen LogP contribution >= 0.6 is 28.3 Å². The number of rotatable bonds is 4. The van der Waals surface area contributed by atoms with E-state index >= 15 is 0 Å². The first-order valence-electron chi connectivity index (χ1n) is 7.87.